The third-order valence-electron chi connectivity index (χ3n) is 14.2. The summed E-state index contributed by atoms with van der Waals surface area (Å²) in [4.78, 5) is 73.5. The van der Waals surface area contributed by atoms with Crippen LogP contribution in [0.4, 0.5) is 9.59 Å². The Kier molecular flexibility index (Phi) is 10.6. The quantitative estimate of drug-likeness (QED) is 0.105. The highest BCUT2D eigenvalue weighted by molar-refractivity contribution is 6.04. The van der Waals surface area contributed by atoms with Crippen LogP contribution >= 0.6 is 0 Å². The number of alkyl carbamates (subject to hydrolysis) is 2. The molecule has 14 nitrogen and oxygen atoms in total. The largest absolute Gasteiger partial charge is 0.453 e. The van der Waals surface area contributed by atoms with Crippen LogP contribution in [0, 0.1) is 23.7 Å². The summed E-state index contributed by atoms with van der Waals surface area (Å²) in [7, 11) is 2.62. The molecule has 4 bridgehead atoms. The predicted octanol–water partition coefficient (Wildman–Crippen LogP) is 7.72. The molecule has 324 valence electrons. The van der Waals surface area contributed by atoms with Crippen LogP contribution in [0.1, 0.15) is 77.9 Å². The number of benzene rings is 3. The van der Waals surface area contributed by atoms with Crippen molar-refractivity contribution in [3.8, 4) is 33.6 Å². The van der Waals surface area contributed by atoms with E-state index in [0.29, 0.717) is 24.9 Å². The lowest BCUT2D eigenvalue weighted by atomic mass is 9.92. The fourth-order valence-electron chi connectivity index (χ4n) is 11.0. The van der Waals surface area contributed by atoms with Crippen molar-refractivity contribution in [2.75, 3.05) is 27.3 Å². The van der Waals surface area contributed by atoms with Crippen molar-refractivity contribution in [2.45, 2.75) is 89.4 Å². The Morgan fingerprint density at radius 3 is 1.58 bits per heavy atom. The second kappa shape index (κ2) is 15.9. The van der Waals surface area contributed by atoms with Crippen LogP contribution in [0.5, 0.6) is 0 Å². The monoisotopic (exact) mass is 840 g/mol. The van der Waals surface area contributed by atoms with E-state index in [2.05, 4.69) is 75.2 Å². The summed E-state index contributed by atoms with van der Waals surface area (Å²) in [5.74, 6) is 1.89. The number of amides is 4. The van der Waals surface area contributed by atoms with Crippen molar-refractivity contribution < 1.29 is 28.7 Å². The highest BCUT2D eigenvalue weighted by Crippen LogP contribution is 2.54. The molecule has 3 aromatic carbocycles. The number of aromatic amines is 2. The summed E-state index contributed by atoms with van der Waals surface area (Å²) >= 11 is 0. The molecule has 1 unspecified atom stereocenters. The minimum Gasteiger partial charge on any atom is -0.453 e. The third kappa shape index (κ3) is 6.87. The molecule has 14 heteroatoms. The number of nitrogens with one attached hydrogen (secondary N) is 4. The molecule has 0 spiro atoms. The van der Waals surface area contributed by atoms with Crippen molar-refractivity contribution in [3.05, 3.63) is 84.7 Å². The van der Waals surface area contributed by atoms with E-state index in [9.17, 15) is 19.2 Å². The van der Waals surface area contributed by atoms with Crippen LogP contribution in [-0.4, -0.2) is 93.1 Å². The second-order valence-electron chi connectivity index (χ2n) is 18.5. The lowest BCUT2D eigenvalue weighted by molar-refractivity contribution is -0.141. The Hall–Kier alpha value is -6.18. The van der Waals surface area contributed by atoms with E-state index < -0.39 is 35.3 Å². The van der Waals surface area contributed by atoms with Gasteiger partial charge in [-0.2, -0.15) is 0 Å². The number of hydrogen-bond donors (Lipinski definition) is 4. The van der Waals surface area contributed by atoms with Crippen molar-refractivity contribution in [1.29, 1.82) is 0 Å². The van der Waals surface area contributed by atoms with Crippen molar-refractivity contribution in [3.63, 3.8) is 0 Å². The number of piperidine rings is 2. The number of carbonyl (C=O) groups is 4. The van der Waals surface area contributed by atoms with Gasteiger partial charge in [-0.3, -0.25) is 9.59 Å². The number of H-pyrrole nitrogens is 2. The molecule has 9 rings (SSSR count). The smallest absolute Gasteiger partial charge is 0.407 e. The average Bonchev–Trinajstić information content (AvgIpc) is 4.16. The summed E-state index contributed by atoms with van der Waals surface area (Å²) in [6.07, 6.45) is 7.85. The van der Waals surface area contributed by atoms with Gasteiger partial charge in [-0.05, 0) is 89.7 Å². The number of hydrogen-bond acceptors (Lipinski definition) is 8. The number of aromatic nitrogens is 4. The van der Waals surface area contributed by atoms with Gasteiger partial charge in [0.1, 0.15) is 34.8 Å². The van der Waals surface area contributed by atoms with Gasteiger partial charge in [-0.15, -0.1) is 0 Å². The van der Waals surface area contributed by atoms with Crippen LogP contribution in [0.3, 0.4) is 0 Å². The fraction of sp³-hybridized carbons (Fsp3) is 0.458. The number of methoxy groups -OCH3 is 2. The molecule has 0 radical (unpaired) electrons. The zero-order valence-corrected chi connectivity index (χ0v) is 36.3. The minimum atomic E-state index is -0.701. The number of nitrogens with zero attached hydrogens (tertiary/aromatic N) is 4. The number of imidazole rings is 2. The summed E-state index contributed by atoms with van der Waals surface area (Å²) < 4.78 is 9.69. The molecule has 4 aliphatic rings. The zero-order valence-electron chi connectivity index (χ0n) is 36.3. The predicted molar refractivity (Wildman–Crippen MR) is 234 cm³/mol. The highest BCUT2D eigenvalue weighted by Gasteiger charge is 2.58. The molecule has 2 aliphatic carbocycles. The molecule has 4 heterocycles. The zero-order chi connectivity index (χ0) is 43.5. The van der Waals surface area contributed by atoms with Gasteiger partial charge in [0.2, 0.25) is 11.8 Å². The first-order chi connectivity index (χ1) is 29.8. The van der Waals surface area contributed by atoms with Crippen molar-refractivity contribution in [2.24, 2.45) is 23.7 Å². The highest BCUT2D eigenvalue weighted by atomic mass is 16.5. The standard InChI is InChI=1S/C48H56N8O6/c1-27(2)39(53-45(59)61-5)41(57)55-25-29-17-19-47(55,21-29)43-49-23-37(51-43)32-13-11-31(12-14-32)33-15-16-36(35-10-8-7-9-34(33)35)38-24-50-44(52-38)48-20-18-30(22-48)26-56(48)42(58)40(28(3)4)54-46(60)62-6/h7-16,23-24,27-30,39-40H,17-22,25-26H2,1-6H3,(H,49,51)(H,50,52)(H,53,59)(H,54,60)/t29-,30-,39-,40-,47?,48+/m0/s1. The molecular weight excluding hydrogens is 785 g/mol. The van der Waals surface area contributed by atoms with E-state index in [1.807, 2.05) is 56.0 Å². The molecular formula is C48H56N8O6. The Morgan fingerprint density at radius 2 is 1.10 bits per heavy atom. The van der Waals surface area contributed by atoms with Gasteiger partial charge in [-0.1, -0.05) is 88.4 Å². The van der Waals surface area contributed by atoms with E-state index in [4.69, 9.17) is 19.4 Å². The molecule has 2 aliphatic heterocycles. The van der Waals surface area contributed by atoms with Gasteiger partial charge in [0.05, 0.1) is 38.0 Å². The maximum absolute atomic E-state index is 14.1. The maximum atomic E-state index is 14.1. The Bertz CT molecular complexity index is 2530. The Balaban J connectivity index is 0.966. The van der Waals surface area contributed by atoms with E-state index >= 15 is 0 Å². The lowest BCUT2D eigenvalue weighted by Crippen LogP contribution is -2.56. The molecule has 4 fully saturated rings. The summed E-state index contributed by atoms with van der Waals surface area (Å²) in [5, 5.41) is 7.72. The summed E-state index contributed by atoms with van der Waals surface area (Å²) in [5.41, 5.74) is 4.82. The number of rotatable bonds is 11. The van der Waals surface area contributed by atoms with Gasteiger partial charge in [0, 0.05) is 18.7 Å². The molecule has 2 saturated heterocycles. The molecule has 5 aromatic rings. The second-order valence-corrected chi connectivity index (χ2v) is 18.5. The molecule has 2 aromatic heterocycles. The number of likely N-dealkylation sites (tertiary alicyclic amines) is 2. The number of ether oxygens (including phenoxy) is 2. The van der Waals surface area contributed by atoms with E-state index in [1.54, 1.807) is 0 Å². The van der Waals surface area contributed by atoms with Crippen LogP contribution < -0.4 is 10.6 Å². The van der Waals surface area contributed by atoms with Crippen LogP contribution in [0.25, 0.3) is 44.4 Å². The third-order valence-corrected chi connectivity index (χ3v) is 14.2. The van der Waals surface area contributed by atoms with Crippen molar-refractivity contribution in [1.82, 2.24) is 40.4 Å². The first-order valence-electron chi connectivity index (χ1n) is 21.9. The average molecular weight is 841 g/mol. The van der Waals surface area contributed by atoms with Gasteiger partial charge in [0.15, 0.2) is 0 Å². The van der Waals surface area contributed by atoms with E-state index in [1.165, 1.54) is 14.2 Å². The minimum absolute atomic E-state index is 0.105. The fourth-order valence-corrected chi connectivity index (χ4v) is 11.0. The topological polar surface area (TPSA) is 175 Å². The first kappa shape index (κ1) is 41.2. The molecule has 6 atom stereocenters. The molecule has 2 saturated carbocycles. The van der Waals surface area contributed by atoms with Gasteiger partial charge in [0.25, 0.3) is 0 Å². The van der Waals surface area contributed by atoms with Crippen LogP contribution in [0.15, 0.2) is 73.1 Å². The first-order valence-corrected chi connectivity index (χ1v) is 21.9. The molecule has 62 heavy (non-hydrogen) atoms. The SMILES string of the molecule is COC(=O)N[C@H](C(=O)N1C[C@H]2CCC1(c1ncc(-c3ccc(-c4ccc(-c5cnc([C@]67CC[C@H](CN6C(=O)[C@@H](NC(=O)OC)C(C)C)C7)[nH]5)c5ccccc45)cc3)[nH]1)C2)C(C)C. The van der Waals surface area contributed by atoms with Gasteiger partial charge in [-0.25, -0.2) is 19.6 Å². The van der Waals surface area contributed by atoms with Crippen LogP contribution in [0.2, 0.25) is 0 Å². The molecule has 4 N–H and O–H groups in total. The Labute approximate surface area is 361 Å². The number of carbonyl (C=O) groups excluding carboxylic acids is 4. The van der Waals surface area contributed by atoms with Gasteiger partial charge >= 0.3 is 12.2 Å². The Morgan fingerprint density at radius 1 is 0.645 bits per heavy atom. The molecule has 4 amide bonds. The van der Waals surface area contributed by atoms with Crippen molar-refractivity contribution >= 4 is 34.8 Å². The maximum Gasteiger partial charge on any atom is 0.407 e. The van der Waals surface area contributed by atoms with Crippen LogP contribution in [-0.2, 0) is 30.1 Å². The van der Waals surface area contributed by atoms with E-state index in [0.717, 1.165) is 94.6 Å². The van der Waals surface area contributed by atoms with E-state index in [-0.39, 0.29) is 23.7 Å². The summed E-state index contributed by atoms with van der Waals surface area (Å²) in [6, 6.07) is 19.8. The summed E-state index contributed by atoms with van der Waals surface area (Å²) in [6.45, 7) is 8.99. The van der Waals surface area contributed by atoms with Gasteiger partial charge < -0.3 is 39.9 Å². The lowest BCUT2D eigenvalue weighted by Gasteiger charge is -2.40. The normalized spacial score (nSPS) is 23.6. The number of fused-ring (bicyclic) bond motifs is 5.